The van der Waals surface area contributed by atoms with Gasteiger partial charge in [0.1, 0.15) is 0 Å². The molecular weight excluding hydrogens is 387 g/mol. The summed E-state index contributed by atoms with van der Waals surface area (Å²) in [4.78, 5) is 4.05. The van der Waals surface area contributed by atoms with E-state index in [9.17, 15) is 8.42 Å². The van der Waals surface area contributed by atoms with Crippen LogP contribution in [-0.4, -0.2) is 59.3 Å². The van der Waals surface area contributed by atoms with Gasteiger partial charge in [-0.05, 0) is 12.7 Å². The largest absolute Gasteiger partial charge is 0.356 e. The lowest BCUT2D eigenvalue weighted by atomic mass is 10.4. The summed E-state index contributed by atoms with van der Waals surface area (Å²) in [7, 11) is -1.36. The van der Waals surface area contributed by atoms with Gasteiger partial charge in [-0.15, -0.1) is 24.0 Å². The first-order chi connectivity index (χ1) is 7.99. The van der Waals surface area contributed by atoms with Gasteiger partial charge in [-0.25, -0.2) is 13.1 Å². The van der Waals surface area contributed by atoms with Crippen molar-refractivity contribution in [3.05, 3.63) is 0 Å². The molecule has 0 fully saturated rings. The van der Waals surface area contributed by atoms with Gasteiger partial charge in [-0.1, -0.05) is 0 Å². The molecular formula is C9H23IN4O2S2. The van der Waals surface area contributed by atoms with Crippen LogP contribution in [0.25, 0.3) is 0 Å². The summed E-state index contributed by atoms with van der Waals surface area (Å²) in [5.74, 6) is 1.77. The molecule has 0 rings (SSSR count). The Kier molecular flexibility index (Phi) is 14.1. The van der Waals surface area contributed by atoms with Crippen LogP contribution in [0.15, 0.2) is 4.99 Å². The molecule has 0 aliphatic carbocycles. The van der Waals surface area contributed by atoms with E-state index >= 15 is 0 Å². The monoisotopic (exact) mass is 410 g/mol. The zero-order chi connectivity index (χ0) is 13.1. The topological polar surface area (TPSA) is 82.6 Å². The molecule has 0 heterocycles. The Hall–Kier alpha value is 0.260. The van der Waals surface area contributed by atoms with Crippen molar-refractivity contribution in [2.45, 2.75) is 6.42 Å². The number of nitrogens with one attached hydrogen (secondary N) is 3. The number of halogens is 1. The quantitative estimate of drug-likeness (QED) is 0.228. The molecule has 110 valence electrons. The van der Waals surface area contributed by atoms with E-state index in [0.29, 0.717) is 13.1 Å². The molecule has 0 aromatic carbocycles. The molecule has 6 nitrogen and oxygen atoms in total. The highest BCUT2D eigenvalue weighted by atomic mass is 127. The lowest BCUT2D eigenvalue weighted by Gasteiger charge is -2.11. The number of sulfonamides is 1. The van der Waals surface area contributed by atoms with Gasteiger partial charge in [-0.3, -0.25) is 4.99 Å². The van der Waals surface area contributed by atoms with E-state index in [1.165, 1.54) is 0 Å². The number of hydrogen-bond donors (Lipinski definition) is 3. The van der Waals surface area contributed by atoms with Crippen molar-refractivity contribution in [1.29, 1.82) is 0 Å². The Labute approximate surface area is 131 Å². The number of hydrogen-bond acceptors (Lipinski definition) is 4. The Morgan fingerprint density at radius 3 is 2.33 bits per heavy atom. The highest BCUT2D eigenvalue weighted by molar-refractivity contribution is 14.0. The Morgan fingerprint density at radius 1 is 1.22 bits per heavy atom. The van der Waals surface area contributed by atoms with Crippen molar-refractivity contribution in [2.24, 2.45) is 4.99 Å². The zero-order valence-electron chi connectivity index (χ0n) is 11.0. The first kappa shape index (κ1) is 20.6. The average molecular weight is 410 g/mol. The van der Waals surface area contributed by atoms with Crippen LogP contribution in [0, 0.1) is 0 Å². The van der Waals surface area contributed by atoms with Crippen LogP contribution in [0.4, 0.5) is 0 Å². The Morgan fingerprint density at radius 2 is 1.83 bits per heavy atom. The minimum atomic E-state index is -3.07. The van der Waals surface area contributed by atoms with Crippen molar-refractivity contribution in [3.63, 3.8) is 0 Å². The summed E-state index contributed by atoms with van der Waals surface area (Å²) in [5, 5.41) is 6.27. The molecule has 0 aliphatic rings. The lowest BCUT2D eigenvalue weighted by molar-refractivity contribution is 0.584. The third kappa shape index (κ3) is 14.3. The van der Waals surface area contributed by atoms with Crippen molar-refractivity contribution in [1.82, 2.24) is 15.4 Å². The predicted octanol–water partition coefficient (Wildman–Crippen LogP) is 0.0717. The number of thioether (sulfide) groups is 1. The molecule has 3 N–H and O–H groups in total. The van der Waals surface area contributed by atoms with E-state index in [2.05, 4.69) is 26.6 Å². The molecule has 0 aromatic heterocycles. The van der Waals surface area contributed by atoms with Crippen LogP contribution in [0.5, 0.6) is 0 Å². The summed E-state index contributed by atoms with van der Waals surface area (Å²) < 4.78 is 24.0. The smallest absolute Gasteiger partial charge is 0.208 e. The second-order valence-corrected chi connectivity index (χ2v) is 6.26. The molecule has 18 heavy (non-hydrogen) atoms. The second-order valence-electron chi connectivity index (χ2n) is 3.44. The summed E-state index contributed by atoms with van der Waals surface area (Å²) in [5.41, 5.74) is 0. The molecule has 0 aromatic rings. The molecule has 0 amide bonds. The molecule has 9 heteroatoms. The maximum absolute atomic E-state index is 10.8. The molecule has 0 radical (unpaired) electrons. The molecule has 0 bridgehead atoms. The lowest BCUT2D eigenvalue weighted by Crippen LogP contribution is -2.39. The Balaban J connectivity index is 0. The van der Waals surface area contributed by atoms with Crippen LogP contribution < -0.4 is 15.4 Å². The summed E-state index contributed by atoms with van der Waals surface area (Å²) >= 11 is 1.77. The maximum atomic E-state index is 10.8. The van der Waals surface area contributed by atoms with Gasteiger partial charge in [0.2, 0.25) is 10.0 Å². The summed E-state index contributed by atoms with van der Waals surface area (Å²) in [6, 6.07) is 0. The number of aliphatic imine (C=N–C) groups is 1. The standard InChI is InChI=1S/C9H22N4O2S2.HI/c1-10-9(12-7-8-16-2)11-5-4-6-13-17(3,14)15;/h13H,4-8H2,1-3H3,(H2,10,11,12);1H. The predicted molar refractivity (Wildman–Crippen MR) is 90.6 cm³/mol. The molecule has 0 saturated carbocycles. The Bertz CT molecular complexity index is 323. The average Bonchev–Trinajstić information content (AvgIpc) is 2.25. The van der Waals surface area contributed by atoms with E-state index in [4.69, 9.17) is 0 Å². The third-order valence-corrected chi connectivity index (χ3v) is 3.17. The number of guanidine groups is 1. The van der Waals surface area contributed by atoms with E-state index in [1.54, 1.807) is 18.8 Å². The van der Waals surface area contributed by atoms with Crippen LogP contribution in [0.2, 0.25) is 0 Å². The van der Waals surface area contributed by atoms with Crippen molar-refractivity contribution < 1.29 is 8.42 Å². The first-order valence-corrected chi connectivity index (χ1v) is 8.66. The number of nitrogens with zero attached hydrogens (tertiary/aromatic N) is 1. The van der Waals surface area contributed by atoms with Gasteiger partial charge in [0.05, 0.1) is 6.26 Å². The minimum Gasteiger partial charge on any atom is -0.356 e. The van der Waals surface area contributed by atoms with Crippen molar-refractivity contribution >= 4 is 51.7 Å². The van der Waals surface area contributed by atoms with Crippen LogP contribution in [-0.2, 0) is 10.0 Å². The van der Waals surface area contributed by atoms with E-state index in [0.717, 1.165) is 30.9 Å². The first-order valence-electron chi connectivity index (χ1n) is 5.37. The highest BCUT2D eigenvalue weighted by Crippen LogP contribution is 1.87. The van der Waals surface area contributed by atoms with Crippen LogP contribution >= 0.6 is 35.7 Å². The van der Waals surface area contributed by atoms with Gasteiger partial charge < -0.3 is 10.6 Å². The molecule has 0 unspecified atom stereocenters. The van der Waals surface area contributed by atoms with Gasteiger partial charge in [-0.2, -0.15) is 11.8 Å². The molecule has 0 atom stereocenters. The summed E-state index contributed by atoms with van der Waals surface area (Å²) in [6.45, 7) is 1.98. The highest BCUT2D eigenvalue weighted by Gasteiger charge is 1.99. The van der Waals surface area contributed by atoms with Gasteiger partial charge in [0, 0.05) is 32.4 Å². The van der Waals surface area contributed by atoms with E-state index in [1.807, 2.05) is 0 Å². The van der Waals surface area contributed by atoms with Crippen molar-refractivity contribution in [3.8, 4) is 0 Å². The van der Waals surface area contributed by atoms with Crippen molar-refractivity contribution in [2.75, 3.05) is 44.9 Å². The number of rotatable bonds is 8. The van der Waals surface area contributed by atoms with Gasteiger partial charge in [0.15, 0.2) is 5.96 Å². The second kappa shape index (κ2) is 12.3. The van der Waals surface area contributed by atoms with Gasteiger partial charge in [0.25, 0.3) is 0 Å². The summed E-state index contributed by atoms with van der Waals surface area (Å²) in [6.07, 6.45) is 3.92. The van der Waals surface area contributed by atoms with Crippen LogP contribution in [0.3, 0.4) is 0 Å². The fraction of sp³-hybridized carbons (Fsp3) is 0.889. The molecule has 0 spiro atoms. The fourth-order valence-electron chi connectivity index (χ4n) is 1.04. The molecule has 0 saturated heterocycles. The minimum absolute atomic E-state index is 0. The molecule has 0 aliphatic heterocycles. The SMILES string of the molecule is CN=C(NCCCNS(C)(=O)=O)NCCSC.I. The fourth-order valence-corrected chi connectivity index (χ4v) is 1.87. The van der Waals surface area contributed by atoms with E-state index in [-0.39, 0.29) is 24.0 Å². The normalized spacial score (nSPS) is 11.8. The van der Waals surface area contributed by atoms with Crippen LogP contribution in [0.1, 0.15) is 6.42 Å². The zero-order valence-corrected chi connectivity index (χ0v) is 15.0. The van der Waals surface area contributed by atoms with E-state index < -0.39 is 10.0 Å². The maximum Gasteiger partial charge on any atom is 0.208 e. The third-order valence-electron chi connectivity index (χ3n) is 1.83. The van der Waals surface area contributed by atoms with Gasteiger partial charge >= 0.3 is 0 Å².